The highest BCUT2D eigenvalue weighted by atomic mass is 16.2. The Morgan fingerprint density at radius 3 is 2.43 bits per heavy atom. The molecule has 3 rings (SSSR count). The van der Waals surface area contributed by atoms with E-state index in [1.807, 2.05) is 29.2 Å². The van der Waals surface area contributed by atoms with Crippen molar-refractivity contribution in [2.75, 3.05) is 18.4 Å². The van der Waals surface area contributed by atoms with Gasteiger partial charge in [-0.15, -0.1) is 0 Å². The average molecular weight is 310 g/mol. The molecule has 0 radical (unpaired) electrons. The molecule has 23 heavy (non-hydrogen) atoms. The van der Waals surface area contributed by atoms with Gasteiger partial charge in [-0.05, 0) is 23.1 Å². The molecule has 0 aliphatic carbocycles. The van der Waals surface area contributed by atoms with Crippen molar-refractivity contribution in [3.8, 4) is 0 Å². The second-order valence-electron chi connectivity index (χ2n) is 6.97. The standard InChI is InChI=1S/C18H22N4O/c1-18(2,3)14-6-4-13(5-7-14)17(23)22-11-15(12-22)21-16-10-19-8-9-20-16/h4-10,15H,11-12H2,1-3H3,(H,20,21). The number of hydrogen-bond acceptors (Lipinski definition) is 4. The third-order valence-corrected chi connectivity index (χ3v) is 4.08. The molecule has 2 aromatic rings. The van der Waals surface area contributed by atoms with Gasteiger partial charge in [0.25, 0.3) is 5.91 Å². The Hall–Kier alpha value is -2.43. The first-order valence-corrected chi connectivity index (χ1v) is 7.86. The molecule has 0 saturated carbocycles. The minimum atomic E-state index is 0.0858. The van der Waals surface area contributed by atoms with E-state index >= 15 is 0 Å². The predicted octanol–water partition coefficient (Wildman–Crippen LogP) is 2.71. The lowest BCUT2D eigenvalue weighted by Crippen LogP contribution is -2.57. The number of carbonyl (C=O) groups is 1. The number of carbonyl (C=O) groups excluding carboxylic acids is 1. The van der Waals surface area contributed by atoms with Crippen LogP contribution < -0.4 is 5.32 Å². The lowest BCUT2D eigenvalue weighted by atomic mass is 9.86. The first kappa shape index (κ1) is 15.5. The number of rotatable bonds is 3. The Labute approximate surface area is 136 Å². The van der Waals surface area contributed by atoms with E-state index in [0.717, 1.165) is 11.4 Å². The first-order chi connectivity index (χ1) is 10.9. The van der Waals surface area contributed by atoms with E-state index in [1.54, 1.807) is 18.6 Å². The van der Waals surface area contributed by atoms with Crippen LogP contribution in [0.25, 0.3) is 0 Å². The number of benzene rings is 1. The number of hydrogen-bond donors (Lipinski definition) is 1. The lowest BCUT2D eigenvalue weighted by molar-refractivity contribution is 0.0625. The third-order valence-electron chi connectivity index (χ3n) is 4.08. The van der Waals surface area contributed by atoms with Gasteiger partial charge in [0.05, 0.1) is 12.2 Å². The maximum Gasteiger partial charge on any atom is 0.253 e. The lowest BCUT2D eigenvalue weighted by Gasteiger charge is -2.39. The Bertz CT molecular complexity index is 670. The van der Waals surface area contributed by atoms with Crippen LogP contribution >= 0.6 is 0 Å². The highest BCUT2D eigenvalue weighted by Crippen LogP contribution is 2.23. The fourth-order valence-corrected chi connectivity index (χ4v) is 2.61. The molecule has 0 atom stereocenters. The molecular weight excluding hydrogens is 288 g/mol. The minimum Gasteiger partial charge on any atom is -0.362 e. The van der Waals surface area contributed by atoms with Crippen molar-refractivity contribution in [3.63, 3.8) is 0 Å². The van der Waals surface area contributed by atoms with Gasteiger partial charge in [0.2, 0.25) is 0 Å². The Morgan fingerprint density at radius 1 is 1.17 bits per heavy atom. The first-order valence-electron chi connectivity index (χ1n) is 7.86. The van der Waals surface area contributed by atoms with Gasteiger partial charge in [0, 0.05) is 31.0 Å². The molecule has 1 aliphatic rings. The summed E-state index contributed by atoms with van der Waals surface area (Å²) in [7, 11) is 0. The van der Waals surface area contributed by atoms with Crippen molar-refractivity contribution in [2.24, 2.45) is 0 Å². The van der Waals surface area contributed by atoms with E-state index < -0.39 is 0 Å². The topological polar surface area (TPSA) is 58.1 Å². The summed E-state index contributed by atoms with van der Waals surface area (Å²) in [4.78, 5) is 22.5. The quantitative estimate of drug-likeness (QED) is 0.947. The van der Waals surface area contributed by atoms with Crippen LogP contribution in [0.1, 0.15) is 36.7 Å². The molecule has 5 nitrogen and oxygen atoms in total. The molecule has 1 N–H and O–H groups in total. The zero-order valence-corrected chi connectivity index (χ0v) is 13.8. The van der Waals surface area contributed by atoms with Crippen LogP contribution in [0.15, 0.2) is 42.9 Å². The molecule has 1 aromatic heterocycles. The van der Waals surface area contributed by atoms with Crippen LogP contribution in [0, 0.1) is 0 Å². The third kappa shape index (κ3) is 3.50. The van der Waals surface area contributed by atoms with Gasteiger partial charge < -0.3 is 10.2 Å². The van der Waals surface area contributed by atoms with E-state index in [1.165, 1.54) is 5.56 Å². The molecular formula is C18H22N4O. The number of anilines is 1. The second kappa shape index (κ2) is 5.99. The van der Waals surface area contributed by atoms with Crippen LogP contribution in [0.4, 0.5) is 5.82 Å². The molecule has 1 amide bonds. The fraction of sp³-hybridized carbons (Fsp3) is 0.389. The van der Waals surface area contributed by atoms with Gasteiger partial charge in [-0.1, -0.05) is 32.9 Å². The highest BCUT2D eigenvalue weighted by molar-refractivity contribution is 5.95. The molecule has 0 unspecified atom stereocenters. The zero-order chi connectivity index (χ0) is 16.4. The van der Waals surface area contributed by atoms with Crippen molar-refractivity contribution >= 4 is 11.7 Å². The van der Waals surface area contributed by atoms with E-state index in [9.17, 15) is 4.79 Å². The molecule has 0 bridgehead atoms. The van der Waals surface area contributed by atoms with Gasteiger partial charge in [0.15, 0.2) is 0 Å². The summed E-state index contributed by atoms with van der Waals surface area (Å²) in [5.41, 5.74) is 2.08. The van der Waals surface area contributed by atoms with Crippen molar-refractivity contribution in [1.82, 2.24) is 14.9 Å². The summed E-state index contributed by atoms with van der Waals surface area (Å²) in [6.45, 7) is 7.89. The number of aromatic nitrogens is 2. The van der Waals surface area contributed by atoms with Crippen molar-refractivity contribution in [1.29, 1.82) is 0 Å². The molecule has 2 heterocycles. The maximum atomic E-state index is 12.5. The van der Waals surface area contributed by atoms with E-state index in [0.29, 0.717) is 13.1 Å². The van der Waals surface area contributed by atoms with E-state index in [2.05, 4.69) is 36.1 Å². The van der Waals surface area contributed by atoms with Gasteiger partial charge in [0.1, 0.15) is 5.82 Å². The normalized spacial score (nSPS) is 15.2. The Balaban J connectivity index is 1.56. The molecule has 1 fully saturated rings. The molecule has 1 aliphatic heterocycles. The summed E-state index contributed by atoms with van der Waals surface area (Å²) in [6, 6.07) is 8.17. The maximum absolute atomic E-state index is 12.5. The Morgan fingerprint density at radius 2 is 1.87 bits per heavy atom. The van der Waals surface area contributed by atoms with Crippen molar-refractivity contribution in [3.05, 3.63) is 54.0 Å². The molecule has 0 spiro atoms. The summed E-state index contributed by atoms with van der Waals surface area (Å²) in [5, 5.41) is 3.28. The van der Waals surface area contributed by atoms with Crippen LogP contribution in [0.5, 0.6) is 0 Å². The summed E-state index contributed by atoms with van der Waals surface area (Å²) < 4.78 is 0. The number of likely N-dealkylation sites (tertiary alicyclic amines) is 1. The van der Waals surface area contributed by atoms with E-state index in [-0.39, 0.29) is 17.4 Å². The van der Waals surface area contributed by atoms with Crippen molar-refractivity contribution in [2.45, 2.75) is 32.2 Å². The van der Waals surface area contributed by atoms with Crippen molar-refractivity contribution < 1.29 is 4.79 Å². The summed E-state index contributed by atoms with van der Waals surface area (Å²) in [6.07, 6.45) is 4.99. The number of nitrogens with zero attached hydrogens (tertiary/aromatic N) is 3. The summed E-state index contributed by atoms with van der Waals surface area (Å²) in [5.74, 6) is 0.835. The highest BCUT2D eigenvalue weighted by Gasteiger charge is 2.31. The summed E-state index contributed by atoms with van der Waals surface area (Å²) >= 11 is 0. The predicted molar refractivity (Wildman–Crippen MR) is 90.5 cm³/mol. The molecule has 5 heteroatoms. The van der Waals surface area contributed by atoms with Crippen LogP contribution in [-0.2, 0) is 5.41 Å². The Kier molecular flexibility index (Phi) is 4.03. The van der Waals surface area contributed by atoms with Crippen LogP contribution in [0.3, 0.4) is 0 Å². The largest absolute Gasteiger partial charge is 0.362 e. The SMILES string of the molecule is CC(C)(C)c1ccc(C(=O)N2CC(Nc3cnccn3)C2)cc1. The van der Waals surface area contributed by atoms with Gasteiger partial charge in [-0.3, -0.25) is 9.78 Å². The van der Waals surface area contributed by atoms with Gasteiger partial charge >= 0.3 is 0 Å². The van der Waals surface area contributed by atoms with Gasteiger partial charge in [-0.25, -0.2) is 4.98 Å². The minimum absolute atomic E-state index is 0.0858. The van der Waals surface area contributed by atoms with E-state index in [4.69, 9.17) is 0 Å². The van der Waals surface area contributed by atoms with Crippen LogP contribution in [0.2, 0.25) is 0 Å². The zero-order valence-electron chi connectivity index (χ0n) is 13.8. The van der Waals surface area contributed by atoms with Crippen LogP contribution in [-0.4, -0.2) is 39.9 Å². The molecule has 1 aromatic carbocycles. The smallest absolute Gasteiger partial charge is 0.253 e. The number of nitrogens with one attached hydrogen (secondary N) is 1. The second-order valence-corrected chi connectivity index (χ2v) is 6.97. The average Bonchev–Trinajstić information content (AvgIpc) is 2.50. The fourth-order valence-electron chi connectivity index (χ4n) is 2.61. The monoisotopic (exact) mass is 310 g/mol. The molecule has 1 saturated heterocycles. The number of amides is 1. The van der Waals surface area contributed by atoms with Gasteiger partial charge in [-0.2, -0.15) is 0 Å². The molecule has 120 valence electrons.